The molecule has 1 rings (SSSR count). The molecule has 0 aliphatic rings. The van der Waals surface area contributed by atoms with Gasteiger partial charge >= 0.3 is 5.97 Å². The average molecular weight is 207 g/mol. The van der Waals surface area contributed by atoms with Crippen molar-refractivity contribution in [2.75, 3.05) is 5.48 Å². The van der Waals surface area contributed by atoms with E-state index in [2.05, 4.69) is 5.48 Å². The van der Waals surface area contributed by atoms with Crippen LogP contribution in [0.2, 0.25) is 0 Å². The van der Waals surface area contributed by atoms with Crippen LogP contribution >= 0.6 is 0 Å². The van der Waals surface area contributed by atoms with Gasteiger partial charge in [0.2, 0.25) is 0 Å². The Hall–Kier alpha value is -1.51. The van der Waals surface area contributed by atoms with Gasteiger partial charge in [-0.3, -0.25) is 0 Å². The van der Waals surface area contributed by atoms with Gasteiger partial charge < -0.3 is 4.84 Å². The van der Waals surface area contributed by atoms with Crippen molar-refractivity contribution in [3.8, 4) is 0 Å². The van der Waals surface area contributed by atoms with E-state index in [0.717, 1.165) is 11.3 Å². The summed E-state index contributed by atoms with van der Waals surface area (Å²) in [6, 6.07) is 5.83. The zero-order chi connectivity index (χ0) is 11.4. The van der Waals surface area contributed by atoms with Crippen molar-refractivity contribution in [2.45, 2.75) is 27.7 Å². The second-order valence-corrected chi connectivity index (χ2v) is 3.93. The smallest absolute Gasteiger partial charge is 0.334 e. The summed E-state index contributed by atoms with van der Waals surface area (Å²) < 4.78 is 0. The Labute approximate surface area is 90.4 Å². The van der Waals surface area contributed by atoms with E-state index in [-0.39, 0.29) is 11.9 Å². The third-order valence-electron chi connectivity index (χ3n) is 2.34. The Kier molecular flexibility index (Phi) is 3.72. The third kappa shape index (κ3) is 2.98. The third-order valence-corrected chi connectivity index (χ3v) is 2.34. The molecule has 0 aromatic heterocycles. The number of anilines is 1. The van der Waals surface area contributed by atoms with Gasteiger partial charge in [-0.2, -0.15) is 0 Å². The lowest BCUT2D eigenvalue weighted by Crippen LogP contribution is -2.16. The molecular formula is C12H17NO2. The second-order valence-electron chi connectivity index (χ2n) is 3.93. The lowest BCUT2D eigenvalue weighted by atomic mass is 10.1. The van der Waals surface area contributed by atoms with Gasteiger partial charge in [-0.25, -0.2) is 10.3 Å². The van der Waals surface area contributed by atoms with Crippen LogP contribution in [0.3, 0.4) is 0 Å². The summed E-state index contributed by atoms with van der Waals surface area (Å²) in [7, 11) is 0. The zero-order valence-electron chi connectivity index (χ0n) is 9.63. The first-order valence-electron chi connectivity index (χ1n) is 5.05. The predicted molar refractivity (Wildman–Crippen MR) is 60.5 cm³/mol. The fourth-order valence-electron chi connectivity index (χ4n) is 1.08. The van der Waals surface area contributed by atoms with E-state index in [1.807, 2.05) is 32.0 Å². The Bertz CT molecular complexity index is 359. The number of carbonyl (C=O) groups is 1. The maximum Gasteiger partial charge on any atom is 0.334 e. The van der Waals surface area contributed by atoms with E-state index >= 15 is 0 Å². The SMILES string of the molecule is Cc1cccc(NOC(=O)C(C)C)c1C. The molecule has 0 aliphatic heterocycles. The number of benzene rings is 1. The van der Waals surface area contributed by atoms with Gasteiger partial charge in [-0.05, 0) is 31.0 Å². The monoisotopic (exact) mass is 207 g/mol. The maximum absolute atomic E-state index is 11.2. The minimum Gasteiger partial charge on any atom is -0.343 e. The van der Waals surface area contributed by atoms with Crippen LogP contribution in [0.15, 0.2) is 18.2 Å². The van der Waals surface area contributed by atoms with Crippen molar-refractivity contribution in [1.82, 2.24) is 0 Å². The first-order valence-corrected chi connectivity index (χ1v) is 5.05. The summed E-state index contributed by atoms with van der Waals surface area (Å²) in [4.78, 5) is 16.2. The van der Waals surface area contributed by atoms with Crippen LogP contribution in [0.1, 0.15) is 25.0 Å². The van der Waals surface area contributed by atoms with Gasteiger partial charge in [0.25, 0.3) is 0 Å². The summed E-state index contributed by atoms with van der Waals surface area (Å²) in [6.07, 6.45) is 0. The predicted octanol–water partition coefficient (Wildman–Crippen LogP) is 2.83. The molecule has 3 nitrogen and oxygen atoms in total. The van der Waals surface area contributed by atoms with Crippen LogP contribution in [0.5, 0.6) is 0 Å². The summed E-state index contributed by atoms with van der Waals surface area (Å²) in [6.45, 7) is 7.60. The van der Waals surface area contributed by atoms with Crippen molar-refractivity contribution in [3.63, 3.8) is 0 Å². The minimum atomic E-state index is -0.254. The second kappa shape index (κ2) is 4.82. The van der Waals surface area contributed by atoms with Crippen LogP contribution in [0.4, 0.5) is 5.69 Å². The van der Waals surface area contributed by atoms with Crippen LogP contribution in [-0.4, -0.2) is 5.97 Å². The standard InChI is InChI=1S/C12H17NO2/c1-8(2)12(14)15-13-11-7-5-6-9(3)10(11)4/h5-8,13H,1-4H3. The summed E-state index contributed by atoms with van der Waals surface area (Å²) in [5, 5.41) is 0. The fraction of sp³-hybridized carbons (Fsp3) is 0.417. The lowest BCUT2D eigenvalue weighted by Gasteiger charge is -2.11. The van der Waals surface area contributed by atoms with E-state index in [0.29, 0.717) is 0 Å². The van der Waals surface area contributed by atoms with Crippen LogP contribution in [0, 0.1) is 19.8 Å². The first kappa shape index (κ1) is 11.6. The molecule has 82 valence electrons. The summed E-state index contributed by atoms with van der Waals surface area (Å²) >= 11 is 0. The van der Waals surface area contributed by atoms with Crippen molar-refractivity contribution in [2.24, 2.45) is 5.92 Å². The number of carbonyl (C=O) groups excluding carboxylic acids is 1. The van der Waals surface area contributed by atoms with Crippen LogP contribution in [-0.2, 0) is 9.63 Å². The Morgan fingerprint density at radius 3 is 2.60 bits per heavy atom. The average Bonchev–Trinajstić information content (AvgIpc) is 2.19. The largest absolute Gasteiger partial charge is 0.343 e. The number of rotatable bonds is 3. The molecule has 3 heteroatoms. The summed E-state index contributed by atoms with van der Waals surface area (Å²) in [5.74, 6) is -0.376. The molecule has 1 N–H and O–H groups in total. The number of hydrogen-bond acceptors (Lipinski definition) is 3. The molecule has 0 saturated heterocycles. The quantitative estimate of drug-likeness (QED) is 0.774. The van der Waals surface area contributed by atoms with Crippen molar-refractivity contribution in [1.29, 1.82) is 0 Å². The van der Waals surface area contributed by atoms with E-state index in [1.165, 1.54) is 5.56 Å². The van der Waals surface area contributed by atoms with Gasteiger partial charge in [0.05, 0.1) is 11.6 Å². The Morgan fingerprint density at radius 2 is 2.00 bits per heavy atom. The molecule has 0 bridgehead atoms. The number of nitrogens with one attached hydrogen (secondary N) is 1. The van der Waals surface area contributed by atoms with E-state index in [9.17, 15) is 4.79 Å². The van der Waals surface area contributed by atoms with E-state index < -0.39 is 0 Å². The molecule has 1 aromatic rings. The van der Waals surface area contributed by atoms with Gasteiger partial charge in [-0.15, -0.1) is 0 Å². The minimum absolute atomic E-state index is 0.123. The maximum atomic E-state index is 11.2. The molecule has 0 saturated carbocycles. The van der Waals surface area contributed by atoms with E-state index in [1.54, 1.807) is 13.8 Å². The van der Waals surface area contributed by atoms with Gasteiger partial charge in [0.15, 0.2) is 0 Å². The molecule has 0 unspecified atom stereocenters. The first-order chi connectivity index (χ1) is 7.02. The molecule has 0 fully saturated rings. The molecule has 0 aliphatic carbocycles. The highest BCUT2D eigenvalue weighted by Gasteiger charge is 2.09. The molecule has 0 atom stereocenters. The fourth-order valence-corrected chi connectivity index (χ4v) is 1.08. The molecule has 0 radical (unpaired) electrons. The van der Waals surface area contributed by atoms with Crippen molar-refractivity contribution < 1.29 is 9.63 Å². The molecule has 1 aromatic carbocycles. The van der Waals surface area contributed by atoms with Gasteiger partial charge in [0, 0.05) is 0 Å². The molecule has 0 heterocycles. The lowest BCUT2D eigenvalue weighted by molar-refractivity contribution is -0.144. The Balaban J connectivity index is 2.66. The van der Waals surface area contributed by atoms with Crippen molar-refractivity contribution >= 4 is 11.7 Å². The zero-order valence-corrected chi connectivity index (χ0v) is 9.63. The van der Waals surface area contributed by atoms with E-state index in [4.69, 9.17) is 4.84 Å². The highest BCUT2D eigenvalue weighted by atomic mass is 16.7. The van der Waals surface area contributed by atoms with Gasteiger partial charge in [0.1, 0.15) is 0 Å². The molecule has 15 heavy (non-hydrogen) atoms. The number of hydrogen-bond donors (Lipinski definition) is 1. The normalized spacial score (nSPS) is 10.2. The van der Waals surface area contributed by atoms with Crippen molar-refractivity contribution in [3.05, 3.63) is 29.3 Å². The number of aryl methyl sites for hydroxylation is 1. The highest BCUT2D eigenvalue weighted by molar-refractivity contribution is 5.72. The molecule has 0 amide bonds. The van der Waals surface area contributed by atoms with Crippen LogP contribution < -0.4 is 5.48 Å². The topological polar surface area (TPSA) is 38.3 Å². The molecular weight excluding hydrogens is 190 g/mol. The molecule has 0 spiro atoms. The Morgan fingerprint density at radius 1 is 1.33 bits per heavy atom. The van der Waals surface area contributed by atoms with Gasteiger partial charge in [-0.1, -0.05) is 26.0 Å². The summed E-state index contributed by atoms with van der Waals surface area (Å²) in [5.41, 5.74) is 5.78. The van der Waals surface area contributed by atoms with Crippen LogP contribution in [0.25, 0.3) is 0 Å². The highest BCUT2D eigenvalue weighted by Crippen LogP contribution is 2.18.